The highest BCUT2D eigenvalue weighted by atomic mass is 16.7. The summed E-state index contributed by atoms with van der Waals surface area (Å²) in [4.78, 5) is 0. The van der Waals surface area contributed by atoms with Gasteiger partial charge in [-0.2, -0.15) is 0 Å². The van der Waals surface area contributed by atoms with Gasteiger partial charge in [0.05, 0.1) is 19.8 Å². The molecule has 3 heterocycles. The van der Waals surface area contributed by atoms with Crippen LogP contribution in [0, 0.1) is 0 Å². The van der Waals surface area contributed by atoms with Crippen molar-refractivity contribution in [2.45, 2.75) is 92.1 Å². The molecule has 0 radical (unpaired) electrons. The molecule has 3 fully saturated rings. The number of aliphatic hydroxyl groups excluding tert-OH is 11. The van der Waals surface area contributed by atoms with Crippen molar-refractivity contribution in [1.29, 1.82) is 0 Å². The Morgan fingerprint density at radius 1 is 0.500 bits per heavy atom. The summed E-state index contributed by atoms with van der Waals surface area (Å²) in [6, 6.07) is 0. The summed E-state index contributed by atoms with van der Waals surface area (Å²) < 4.78 is 26.4. The second-order valence-electron chi connectivity index (χ2n) is 8.37. The number of hydrogen-bond acceptors (Lipinski definition) is 16. The SMILES string of the molecule is OC[C@H]1O[C@@H](OC[C@H]2O[C@@H](O)[C@H](O)[C@@H](O)[C@H]2O[C@H]2O[C@H](CO)[C@@H](O)[C@H](O)[C@@H]2O)[C@H](O)[C@@H](O)[C@H]1O. The van der Waals surface area contributed by atoms with Gasteiger partial charge in [-0.1, -0.05) is 0 Å². The first kappa shape index (κ1) is 27.9. The fourth-order valence-corrected chi connectivity index (χ4v) is 3.95. The van der Waals surface area contributed by atoms with Gasteiger partial charge >= 0.3 is 0 Å². The van der Waals surface area contributed by atoms with Crippen molar-refractivity contribution in [2.24, 2.45) is 0 Å². The quantitative estimate of drug-likeness (QED) is 0.154. The third kappa shape index (κ3) is 5.52. The van der Waals surface area contributed by atoms with E-state index in [2.05, 4.69) is 0 Å². The molecule has 0 saturated carbocycles. The van der Waals surface area contributed by atoms with Crippen molar-refractivity contribution in [2.75, 3.05) is 19.8 Å². The predicted octanol–water partition coefficient (Wildman–Crippen LogP) is -7.57. The lowest BCUT2D eigenvalue weighted by Crippen LogP contribution is -2.65. The molecular weight excluding hydrogens is 472 g/mol. The Kier molecular flexibility index (Phi) is 9.54. The van der Waals surface area contributed by atoms with E-state index in [9.17, 15) is 56.2 Å². The van der Waals surface area contributed by atoms with Crippen molar-refractivity contribution in [3.8, 4) is 0 Å². The first-order valence-electron chi connectivity index (χ1n) is 10.6. The van der Waals surface area contributed by atoms with E-state index in [-0.39, 0.29) is 0 Å². The molecule has 0 aromatic carbocycles. The van der Waals surface area contributed by atoms with Crippen LogP contribution in [0.3, 0.4) is 0 Å². The summed E-state index contributed by atoms with van der Waals surface area (Å²) in [5.41, 5.74) is 0. The van der Waals surface area contributed by atoms with Crippen LogP contribution < -0.4 is 0 Å². The van der Waals surface area contributed by atoms with E-state index in [1.807, 2.05) is 0 Å². The number of rotatable bonds is 7. The predicted molar refractivity (Wildman–Crippen MR) is 101 cm³/mol. The largest absolute Gasteiger partial charge is 0.394 e. The van der Waals surface area contributed by atoms with Crippen molar-refractivity contribution < 1.29 is 79.9 Å². The molecule has 0 aliphatic carbocycles. The summed E-state index contributed by atoms with van der Waals surface area (Å²) in [5, 5.41) is 109. The summed E-state index contributed by atoms with van der Waals surface area (Å²) >= 11 is 0. The van der Waals surface area contributed by atoms with Gasteiger partial charge in [0, 0.05) is 0 Å². The van der Waals surface area contributed by atoms with E-state index in [1.54, 1.807) is 0 Å². The Hall–Kier alpha value is -0.640. The van der Waals surface area contributed by atoms with Crippen LogP contribution in [0.1, 0.15) is 0 Å². The summed E-state index contributed by atoms with van der Waals surface area (Å²) in [7, 11) is 0. The molecule has 200 valence electrons. The van der Waals surface area contributed by atoms with Crippen LogP contribution >= 0.6 is 0 Å². The molecule has 3 aliphatic rings. The Balaban J connectivity index is 1.72. The van der Waals surface area contributed by atoms with E-state index in [0.717, 1.165) is 0 Å². The maximum absolute atomic E-state index is 10.4. The van der Waals surface area contributed by atoms with Crippen LogP contribution in [0.5, 0.6) is 0 Å². The molecule has 0 spiro atoms. The molecule has 34 heavy (non-hydrogen) atoms. The molecule has 0 unspecified atom stereocenters. The zero-order chi connectivity index (χ0) is 25.3. The van der Waals surface area contributed by atoms with E-state index in [0.29, 0.717) is 0 Å². The molecule has 16 nitrogen and oxygen atoms in total. The monoisotopic (exact) mass is 504 g/mol. The minimum Gasteiger partial charge on any atom is -0.394 e. The topological polar surface area (TPSA) is 269 Å². The third-order valence-corrected chi connectivity index (χ3v) is 6.07. The minimum absolute atomic E-state index is 0.619. The normalized spacial score (nSPS) is 52.5. The van der Waals surface area contributed by atoms with E-state index >= 15 is 0 Å². The summed E-state index contributed by atoms with van der Waals surface area (Å²) in [5.74, 6) is 0. The summed E-state index contributed by atoms with van der Waals surface area (Å²) in [6.45, 7) is -2.08. The maximum atomic E-state index is 10.4. The highest BCUT2D eigenvalue weighted by Crippen LogP contribution is 2.30. The lowest BCUT2D eigenvalue weighted by molar-refractivity contribution is -0.363. The van der Waals surface area contributed by atoms with Gasteiger partial charge in [-0.3, -0.25) is 0 Å². The molecule has 15 atom stereocenters. The molecule has 0 aromatic rings. The molecule has 11 N–H and O–H groups in total. The van der Waals surface area contributed by atoms with Gasteiger partial charge in [-0.15, -0.1) is 0 Å². The zero-order valence-corrected chi connectivity index (χ0v) is 17.7. The van der Waals surface area contributed by atoms with Crippen LogP contribution in [0.25, 0.3) is 0 Å². The van der Waals surface area contributed by atoms with E-state index in [1.165, 1.54) is 0 Å². The average molecular weight is 504 g/mol. The Labute approximate surface area is 192 Å². The fraction of sp³-hybridized carbons (Fsp3) is 1.00. The van der Waals surface area contributed by atoms with Gasteiger partial charge in [0.2, 0.25) is 0 Å². The zero-order valence-electron chi connectivity index (χ0n) is 17.7. The Bertz CT molecular complexity index is 637. The van der Waals surface area contributed by atoms with Gasteiger partial charge in [0.25, 0.3) is 0 Å². The highest BCUT2D eigenvalue weighted by Gasteiger charge is 2.51. The van der Waals surface area contributed by atoms with Crippen molar-refractivity contribution in [3.63, 3.8) is 0 Å². The second kappa shape index (κ2) is 11.6. The van der Waals surface area contributed by atoms with Gasteiger partial charge in [0.15, 0.2) is 18.9 Å². The van der Waals surface area contributed by atoms with E-state index < -0.39 is 112 Å². The average Bonchev–Trinajstić information content (AvgIpc) is 2.82. The molecule has 3 rings (SSSR count). The molecule has 0 bridgehead atoms. The number of hydrogen-bond donors (Lipinski definition) is 11. The first-order valence-corrected chi connectivity index (χ1v) is 10.6. The maximum Gasteiger partial charge on any atom is 0.187 e. The van der Waals surface area contributed by atoms with Crippen LogP contribution in [0.15, 0.2) is 0 Å². The summed E-state index contributed by atoms with van der Waals surface area (Å²) in [6.07, 6.45) is -25.0. The number of ether oxygens (including phenoxy) is 5. The molecule has 3 aliphatic heterocycles. The van der Waals surface area contributed by atoms with Gasteiger partial charge in [-0.25, -0.2) is 0 Å². The first-order chi connectivity index (χ1) is 16.0. The molecular formula is C18H32O16. The van der Waals surface area contributed by atoms with Gasteiger partial charge in [0.1, 0.15) is 73.2 Å². The van der Waals surface area contributed by atoms with Crippen LogP contribution in [-0.2, 0) is 23.7 Å². The van der Waals surface area contributed by atoms with Crippen LogP contribution in [0.2, 0.25) is 0 Å². The van der Waals surface area contributed by atoms with Crippen molar-refractivity contribution in [3.05, 3.63) is 0 Å². The second-order valence-corrected chi connectivity index (χ2v) is 8.37. The molecule has 16 heteroatoms. The minimum atomic E-state index is -1.91. The van der Waals surface area contributed by atoms with Crippen molar-refractivity contribution >= 4 is 0 Å². The van der Waals surface area contributed by atoms with Crippen molar-refractivity contribution in [1.82, 2.24) is 0 Å². The van der Waals surface area contributed by atoms with Crippen LogP contribution in [0.4, 0.5) is 0 Å². The Morgan fingerprint density at radius 3 is 1.53 bits per heavy atom. The van der Waals surface area contributed by atoms with Gasteiger partial charge < -0.3 is 79.9 Å². The highest BCUT2D eigenvalue weighted by molar-refractivity contribution is 4.94. The number of aliphatic hydroxyl groups is 11. The fourth-order valence-electron chi connectivity index (χ4n) is 3.95. The lowest BCUT2D eigenvalue weighted by atomic mass is 9.97. The lowest BCUT2D eigenvalue weighted by Gasteiger charge is -2.46. The van der Waals surface area contributed by atoms with Crippen LogP contribution in [-0.4, -0.2) is 168 Å². The molecule has 0 amide bonds. The Morgan fingerprint density at radius 2 is 1.00 bits per heavy atom. The molecule has 3 saturated heterocycles. The smallest absolute Gasteiger partial charge is 0.187 e. The van der Waals surface area contributed by atoms with Gasteiger partial charge in [-0.05, 0) is 0 Å². The standard InChI is InChI=1S/C18H32O16/c19-1-4-7(21)9(23)13(27)17(32-4)30-3-6-15(11(25)12(26)16(29)31-6)34-18-14(28)10(24)8(22)5(2-20)33-18/h4-29H,1-3H2/t4-,5-,6-,7+,8-,9+,10+,11-,12-,13-,14+,15+,16-,17-,18-/m1/s1. The van der Waals surface area contributed by atoms with E-state index in [4.69, 9.17) is 23.7 Å². The molecule has 0 aromatic heterocycles. The third-order valence-electron chi connectivity index (χ3n) is 6.07.